The van der Waals surface area contributed by atoms with Crippen LogP contribution in [0.25, 0.3) is 0 Å². The third kappa shape index (κ3) is 8.63. The molecule has 0 bridgehead atoms. The molecule has 2 aromatic carbocycles. The first-order valence-corrected chi connectivity index (χ1v) is 13.8. The molecule has 1 aliphatic rings. The molecule has 1 aliphatic carbocycles. The van der Waals surface area contributed by atoms with Crippen LogP contribution in [0.4, 0.5) is 11.4 Å². The molecule has 0 aliphatic heterocycles. The quantitative estimate of drug-likeness (QED) is 0.200. The maximum Gasteiger partial charge on any atom is 0.196 e. The van der Waals surface area contributed by atoms with E-state index in [9.17, 15) is 9.59 Å². The van der Waals surface area contributed by atoms with Crippen LogP contribution in [-0.2, 0) is 18.9 Å². The normalized spacial score (nSPS) is 12.4. The van der Waals surface area contributed by atoms with Crippen molar-refractivity contribution >= 4 is 22.9 Å². The number of hydrogen-bond acceptors (Lipinski definition) is 8. The Kier molecular flexibility index (Phi) is 13.3. The van der Waals surface area contributed by atoms with Crippen LogP contribution in [0, 0.1) is 0 Å². The van der Waals surface area contributed by atoms with E-state index in [1.165, 1.54) is 0 Å². The van der Waals surface area contributed by atoms with Crippen LogP contribution in [0.3, 0.4) is 0 Å². The molecule has 0 saturated heterocycles. The molecule has 8 heteroatoms. The van der Waals surface area contributed by atoms with Crippen molar-refractivity contribution in [2.75, 3.05) is 76.6 Å². The Morgan fingerprint density at radius 2 is 0.947 bits per heavy atom. The van der Waals surface area contributed by atoms with Crippen LogP contribution in [0.5, 0.6) is 0 Å². The average molecular weight is 527 g/mol. The second-order valence-corrected chi connectivity index (χ2v) is 9.12. The summed E-state index contributed by atoms with van der Waals surface area (Å²) < 4.78 is 22.1. The van der Waals surface area contributed by atoms with E-state index in [0.29, 0.717) is 86.4 Å². The Morgan fingerprint density at radius 3 is 1.34 bits per heavy atom. The van der Waals surface area contributed by atoms with Gasteiger partial charge in [0, 0.05) is 62.0 Å². The predicted octanol–water partition coefficient (Wildman–Crippen LogP) is 4.95. The van der Waals surface area contributed by atoms with Crippen LogP contribution in [0.15, 0.2) is 36.4 Å². The molecule has 0 saturated carbocycles. The van der Waals surface area contributed by atoms with Crippen molar-refractivity contribution in [1.82, 2.24) is 0 Å². The van der Waals surface area contributed by atoms with E-state index in [2.05, 4.69) is 24.5 Å². The van der Waals surface area contributed by atoms with Crippen LogP contribution in [0.2, 0.25) is 0 Å². The Balaban J connectivity index is 1.60. The molecule has 0 unspecified atom stereocenters. The second kappa shape index (κ2) is 16.9. The molecule has 38 heavy (non-hydrogen) atoms. The Labute approximate surface area is 226 Å². The van der Waals surface area contributed by atoms with Gasteiger partial charge in [-0.25, -0.2) is 0 Å². The maximum absolute atomic E-state index is 13.5. The Hall–Kier alpha value is -2.78. The van der Waals surface area contributed by atoms with Crippen molar-refractivity contribution < 1.29 is 28.5 Å². The summed E-state index contributed by atoms with van der Waals surface area (Å²) in [5.74, 6) is -0.276. The molecule has 3 rings (SSSR count). The predicted molar refractivity (Wildman–Crippen MR) is 150 cm³/mol. The Morgan fingerprint density at radius 1 is 0.553 bits per heavy atom. The van der Waals surface area contributed by atoms with Crippen molar-refractivity contribution in [3.63, 3.8) is 0 Å². The fourth-order valence-electron chi connectivity index (χ4n) is 4.24. The summed E-state index contributed by atoms with van der Waals surface area (Å²) in [6, 6.07) is 10.8. The molecule has 8 nitrogen and oxygen atoms in total. The van der Waals surface area contributed by atoms with Crippen LogP contribution in [-0.4, -0.2) is 77.5 Å². The van der Waals surface area contributed by atoms with Crippen LogP contribution in [0.1, 0.15) is 71.4 Å². The third-order valence-electron chi connectivity index (χ3n) is 6.08. The largest absolute Gasteiger partial charge is 0.384 e. The highest BCUT2D eigenvalue weighted by molar-refractivity contribution is 6.31. The van der Waals surface area contributed by atoms with Gasteiger partial charge in [0.15, 0.2) is 11.6 Å². The SMILES string of the molecule is CCCOCCOCCCNc1ccc(NCCCOCCOCCC)c2c1C(=O)c1ccccc1C2=O. The zero-order chi connectivity index (χ0) is 27.0. The van der Waals surface area contributed by atoms with E-state index >= 15 is 0 Å². The molecule has 0 fully saturated rings. The smallest absolute Gasteiger partial charge is 0.196 e. The lowest BCUT2D eigenvalue weighted by molar-refractivity contribution is 0.0479. The minimum atomic E-state index is -0.138. The van der Waals surface area contributed by atoms with Gasteiger partial charge in [0.25, 0.3) is 0 Å². The zero-order valence-electron chi connectivity index (χ0n) is 22.8. The number of fused-ring (bicyclic) bond motifs is 2. The van der Waals surface area contributed by atoms with E-state index in [1.54, 1.807) is 24.3 Å². The molecule has 2 N–H and O–H groups in total. The molecule has 0 aromatic heterocycles. The lowest BCUT2D eigenvalue weighted by Gasteiger charge is -2.24. The van der Waals surface area contributed by atoms with Crippen LogP contribution < -0.4 is 10.6 Å². The number of rotatable bonds is 20. The summed E-state index contributed by atoms with van der Waals surface area (Å²) in [6.07, 6.45) is 3.53. The minimum absolute atomic E-state index is 0.138. The van der Waals surface area contributed by atoms with Crippen molar-refractivity contribution in [1.29, 1.82) is 0 Å². The van der Waals surface area contributed by atoms with Gasteiger partial charge in [-0.1, -0.05) is 38.1 Å². The van der Waals surface area contributed by atoms with E-state index in [-0.39, 0.29) is 11.6 Å². The first kappa shape index (κ1) is 29.8. The third-order valence-corrected chi connectivity index (χ3v) is 6.08. The summed E-state index contributed by atoms with van der Waals surface area (Å²) in [4.78, 5) is 27.0. The summed E-state index contributed by atoms with van der Waals surface area (Å²) in [5.41, 5.74) is 3.08. The molecule has 0 atom stereocenters. The van der Waals surface area contributed by atoms with Gasteiger partial charge in [-0.05, 0) is 37.8 Å². The van der Waals surface area contributed by atoms with E-state index in [1.807, 2.05) is 12.1 Å². The summed E-state index contributed by atoms with van der Waals surface area (Å²) in [6.45, 7) is 10.4. The lowest BCUT2D eigenvalue weighted by Crippen LogP contribution is -2.24. The highest BCUT2D eigenvalue weighted by Gasteiger charge is 2.33. The van der Waals surface area contributed by atoms with E-state index in [0.717, 1.165) is 38.9 Å². The zero-order valence-corrected chi connectivity index (χ0v) is 22.8. The number of benzene rings is 2. The van der Waals surface area contributed by atoms with Gasteiger partial charge in [0.05, 0.1) is 37.6 Å². The molecule has 0 radical (unpaired) electrons. The number of carbonyl (C=O) groups is 2. The molecular weight excluding hydrogens is 484 g/mol. The second-order valence-electron chi connectivity index (χ2n) is 9.12. The molecular formula is C30H42N2O6. The average Bonchev–Trinajstić information content (AvgIpc) is 2.94. The highest BCUT2D eigenvalue weighted by Crippen LogP contribution is 2.36. The molecule has 2 aromatic rings. The van der Waals surface area contributed by atoms with Gasteiger partial charge >= 0.3 is 0 Å². The van der Waals surface area contributed by atoms with Gasteiger partial charge in [-0.2, -0.15) is 0 Å². The summed E-state index contributed by atoms with van der Waals surface area (Å²) in [5, 5.41) is 6.71. The molecule has 0 spiro atoms. The number of hydrogen-bond donors (Lipinski definition) is 2. The Bertz CT molecular complexity index is 946. The lowest BCUT2D eigenvalue weighted by atomic mass is 9.82. The highest BCUT2D eigenvalue weighted by atomic mass is 16.5. The molecule has 208 valence electrons. The number of ketones is 2. The monoisotopic (exact) mass is 526 g/mol. The number of carbonyl (C=O) groups excluding carboxylic acids is 2. The summed E-state index contributed by atoms with van der Waals surface area (Å²) in [7, 11) is 0. The van der Waals surface area contributed by atoms with Crippen molar-refractivity contribution in [2.45, 2.75) is 39.5 Å². The van der Waals surface area contributed by atoms with Crippen molar-refractivity contribution in [3.05, 3.63) is 58.7 Å². The molecule has 0 heterocycles. The standard InChI is InChI=1S/C30H42N2O6/c1-3-15-35-19-21-37-17-7-13-31-25-11-12-26(32-14-8-18-38-22-20-36-16-4-2)28-27(25)29(33)23-9-5-6-10-24(23)30(28)34/h5-6,9-12,31-32H,3-4,7-8,13-22H2,1-2H3. The number of anilines is 2. The van der Waals surface area contributed by atoms with Crippen molar-refractivity contribution in [3.8, 4) is 0 Å². The van der Waals surface area contributed by atoms with Gasteiger partial charge < -0.3 is 29.6 Å². The van der Waals surface area contributed by atoms with Crippen molar-refractivity contribution in [2.24, 2.45) is 0 Å². The number of ether oxygens (including phenoxy) is 4. The van der Waals surface area contributed by atoms with Gasteiger partial charge in [0.2, 0.25) is 0 Å². The van der Waals surface area contributed by atoms with Gasteiger partial charge in [-0.3, -0.25) is 9.59 Å². The topological polar surface area (TPSA) is 95.1 Å². The van der Waals surface area contributed by atoms with E-state index in [4.69, 9.17) is 18.9 Å². The fraction of sp³-hybridized carbons (Fsp3) is 0.533. The fourth-order valence-corrected chi connectivity index (χ4v) is 4.24. The van der Waals surface area contributed by atoms with Crippen LogP contribution >= 0.6 is 0 Å². The molecule has 0 amide bonds. The summed E-state index contributed by atoms with van der Waals surface area (Å²) >= 11 is 0. The van der Waals surface area contributed by atoms with Gasteiger partial charge in [-0.15, -0.1) is 0 Å². The minimum Gasteiger partial charge on any atom is -0.384 e. The maximum atomic E-state index is 13.5. The van der Waals surface area contributed by atoms with E-state index < -0.39 is 0 Å². The van der Waals surface area contributed by atoms with Gasteiger partial charge in [0.1, 0.15) is 0 Å². The number of nitrogens with one attached hydrogen (secondary N) is 2. The first-order chi connectivity index (χ1) is 18.7. The first-order valence-electron chi connectivity index (χ1n) is 13.8.